The van der Waals surface area contributed by atoms with E-state index >= 15 is 0 Å². The van der Waals surface area contributed by atoms with Gasteiger partial charge in [-0.3, -0.25) is 10.3 Å². The molecule has 2 atom stereocenters. The van der Waals surface area contributed by atoms with Crippen molar-refractivity contribution in [1.29, 1.82) is 0 Å². The monoisotopic (exact) mass is 304 g/mol. The molecule has 2 aromatic rings. The van der Waals surface area contributed by atoms with E-state index in [4.69, 9.17) is 0 Å². The number of aliphatic hydroxyl groups is 2. The van der Waals surface area contributed by atoms with Gasteiger partial charge in [0.2, 0.25) is 0 Å². The van der Waals surface area contributed by atoms with E-state index in [9.17, 15) is 14.6 Å². The van der Waals surface area contributed by atoms with Crippen molar-refractivity contribution in [1.82, 2.24) is 10.3 Å². The van der Waals surface area contributed by atoms with Crippen molar-refractivity contribution in [3.8, 4) is 11.1 Å². The lowest BCUT2D eigenvalue weighted by atomic mass is 9.99. The van der Waals surface area contributed by atoms with Crippen molar-refractivity contribution in [3.05, 3.63) is 53.6 Å². The normalized spacial score (nSPS) is 13.9. The molecule has 4 nitrogen and oxygen atoms in total. The first-order chi connectivity index (χ1) is 10.5. The quantitative estimate of drug-likeness (QED) is 0.718. The van der Waals surface area contributed by atoms with Crippen LogP contribution in [0, 0.1) is 5.82 Å². The Hall–Kier alpha value is -1.82. The van der Waals surface area contributed by atoms with Gasteiger partial charge >= 0.3 is 0 Å². The molecule has 1 aromatic carbocycles. The average Bonchev–Trinajstić information content (AvgIpc) is 2.52. The second-order valence-electron chi connectivity index (χ2n) is 5.22. The Labute approximate surface area is 129 Å². The van der Waals surface area contributed by atoms with Crippen molar-refractivity contribution >= 4 is 0 Å². The fourth-order valence-electron chi connectivity index (χ4n) is 2.26. The molecule has 3 N–H and O–H groups in total. The van der Waals surface area contributed by atoms with E-state index in [-0.39, 0.29) is 0 Å². The number of nitrogens with one attached hydrogen (secondary N) is 1. The van der Waals surface area contributed by atoms with E-state index in [1.165, 1.54) is 6.07 Å². The highest BCUT2D eigenvalue weighted by atomic mass is 19.1. The minimum Gasteiger partial charge on any atom is -0.388 e. The number of aliphatic hydroxyl groups excluding tert-OH is 2. The summed E-state index contributed by atoms with van der Waals surface area (Å²) < 4.78 is 14.4. The molecule has 0 fully saturated rings. The number of rotatable bonds is 6. The van der Waals surface area contributed by atoms with Crippen LogP contribution in [0.2, 0.25) is 0 Å². The Morgan fingerprint density at radius 1 is 1.23 bits per heavy atom. The van der Waals surface area contributed by atoms with E-state index in [0.29, 0.717) is 35.3 Å². The first kappa shape index (κ1) is 16.5. The van der Waals surface area contributed by atoms with Crippen molar-refractivity contribution in [3.63, 3.8) is 0 Å². The Balaban J connectivity index is 2.35. The smallest absolute Gasteiger partial charge is 0.131 e. The summed E-state index contributed by atoms with van der Waals surface area (Å²) in [7, 11) is 0. The van der Waals surface area contributed by atoms with E-state index in [0.717, 1.165) is 0 Å². The van der Waals surface area contributed by atoms with Gasteiger partial charge in [-0.1, -0.05) is 25.1 Å². The highest BCUT2D eigenvalue weighted by Crippen LogP contribution is 2.28. The SMILES string of the molecule is CCC(O)c1ccc(-c2cccnc2CNC(C)O)c(F)c1. The topological polar surface area (TPSA) is 65.4 Å². The highest BCUT2D eigenvalue weighted by Gasteiger charge is 2.13. The van der Waals surface area contributed by atoms with Gasteiger partial charge < -0.3 is 10.2 Å². The third-order valence-corrected chi connectivity index (χ3v) is 3.51. The number of hydrogen-bond acceptors (Lipinski definition) is 4. The van der Waals surface area contributed by atoms with Crippen LogP contribution >= 0.6 is 0 Å². The van der Waals surface area contributed by atoms with Gasteiger partial charge in [0.15, 0.2) is 0 Å². The zero-order chi connectivity index (χ0) is 16.1. The number of pyridine rings is 1. The second-order valence-corrected chi connectivity index (χ2v) is 5.22. The molecule has 0 saturated heterocycles. The van der Waals surface area contributed by atoms with Gasteiger partial charge in [0.25, 0.3) is 0 Å². The Bertz CT molecular complexity index is 632. The summed E-state index contributed by atoms with van der Waals surface area (Å²) in [6.07, 6.45) is 0.848. The highest BCUT2D eigenvalue weighted by molar-refractivity contribution is 5.66. The molecule has 2 unspecified atom stereocenters. The summed E-state index contributed by atoms with van der Waals surface area (Å²) in [5, 5.41) is 22.0. The summed E-state index contributed by atoms with van der Waals surface area (Å²) in [5.41, 5.74) is 2.33. The fraction of sp³-hybridized carbons (Fsp3) is 0.353. The molecule has 0 amide bonds. The predicted molar refractivity (Wildman–Crippen MR) is 83.4 cm³/mol. The number of aromatic nitrogens is 1. The minimum atomic E-state index is -0.665. The molecule has 0 radical (unpaired) electrons. The van der Waals surface area contributed by atoms with Gasteiger partial charge in [0, 0.05) is 23.9 Å². The van der Waals surface area contributed by atoms with Gasteiger partial charge in [-0.25, -0.2) is 4.39 Å². The molecule has 22 heavy (non-hydrogen) atoms. The standard InChI is InChI=1S/C17H21FN2O2/c1-3-17(22)12-6-7-13(15(18)9-12)14-5-4-8-19-16(14)10-20-11(2)21/h4-9,11,17,20-22H,3,10H2,1-2H3. The minimum absolute atomic E-state index is 0.340. The third kappa shape index (κ3) is 3.88. The van der Waals surface area contributed by atoms with Gasteiger partial charge in [0.1, 0.15) is 12.0 Å². The van der Waals surface area contributed by atoms with Crippen molar-refractivity contribution in [2.75, 3.05) is 0 Å². The van der Waals surface area contributed by atoms with Crippen LogP contribution in [0.15, 0.2) is 36.5 Å². The Morgan fingerprint density at radius 2 is 2.00 bits per heavy atom. The number of hydrogen-bond donors (Lipinski definition) is 3. The van der Waals surface area contributed by atoms with Crippen LogP contribution in [0.4, 0.5) is 4.39 Å². The maximum atomic E-state index is 14.4. The largest absolute Gasteiger partial charge is 0.388 e. The molecule has 0 bridgehead atoms. The van der Waals surface area contributed by atoms with Crippen LogP contribution < -0.4 is 5.32 Å². The fourth-order valence-corrected chi connectivity index (χ4v) is 2.26. The number of benzene rings is 1. The summed E-state index contributed by atoms with van der Waals surface area (Å²) in [6.45, 7) is 3.80. The first-order valence-electron chi connectivity index (χ1n) is 7.36. The van der Waals surface area contributed by atoms with Crippen LogP contribution in [0.25, 0.3) is 11.1 Å². The summed E-state index contributed by atoms with van der Waals surface area (Å²) in [6, 6.07) is 8.29. The van der Waals surface area contributed by atoms with Gasteiger partial charge in [-0.2, -0.15) is 0 Å². The zero-order valence-corrected chi connectivity index (χ0v) is 12.8. The van der Waals surface area contributed by atoms with Crippen LogP contribution in [-0.2, 0) is 6.54 Å². The predicted octanol–water partition coefficient (Wildman–Crippen LogP) is 2.76. The summed E-state index contributed by atoms with van der Waals surface area (Å²) in [4.78, 5) is 4.25. The summed E-state index contributed by atoms with van der Waals surface area (Å²) in [5.74, 6) is -0.392. The maximum absolute atomic E-state index is 14.4. The molecule has 0 aliphatic heterocycles. The molecule has 118 valence electrons. The van der Waals surface area contributed by atoms with E-state index in [1.54, 1.807) is 37.4 Å². The van der Waals surface area contributed by atoms with Crippen LogP contribution in [0.3, 0.4) is 0 Å². The lowest BCUT2D eigenvalue weighted by molar-refractivity contribution is 0.154. The summed E-state index contributed by atoms with van der Waals surface area (Å²) >= 11 is 0. The van der Waals surface area contributed by atoms with Crippen molar-refractivity contribution < 1.29 is 14.6 Å². The molecular weight excluding hydrogens is 283 g/mol. The molecule has 5 heteroatoms. The van der Waals surface area contributed by atoms with Gasteiger partial charge in [-0.05, 0) is 31.0 Å². The first-order valence-corrected chi connectivity index (χ1v) is 7.36. The number of nitrogens with zero attached hydrogens (tertiary/aromatic N) is 1. The zero-order valence-electron chi connectivity index (χ0n) is 12.8. The molecule has 1 heterocycles. The molecule has 2 rings (SSSR count). The van der Waals surface area contributed by atoms with E-state index in [2.05, 4.69) is 10.3 Å². The van der Waals surface area contributed by atoms with Crippen molar-refractivity contribution in [2.45, 2.75) is 39.1 Å². The second kappa shape index (κ2) is 7.45. The van der Waals surface area contributed by atoms with Gasteiger partial charge in [0.05, 0.1) is 11.8 Å². The van der Waals surface area contributed by atoms with Crippen molar-refractivity contribution in [2.24, 2.45) is 0 Å². The van der Waals surface area contributed by atoms with Crippen LogP contribution in [0.1, 0.15) is 37.6 Å². The average molecular weight is 304 g/mol. The molecule has 0 aliphatic carbocycles. The molecular formula is C17H21FN2O2. The Kier molecular flexibility index (Phi) is 5.60. The maximum Gasteiger partial charge on any atom is 0.131 e. The molecule has 1 aromatic heterocycles. The number of halogens is 1. The lowest BCUT2D eigenvalue weighted by Gasteiger charge is -2.14. The van der Waals surface area contributed by atoms with E-state index < -0.39 is 18.1 Å². The van der Waals surface area contributed by atoms with Gasteiger partial charge in [-0.15, -0.1) is 0 Å². The molecule has 0 aliphatic rings. The lowest BCUT2D eigenvalue weighted by Crippen LogP contribution is -2.25. The van der Waals surface area contributed by atoms with E-state index in [1.807, 2.05) is 6.92 Å². The van der Waals surface area contributed by atoms with Crippen LogP contribution in [-0.4, -0.2) is 21.4 Å². The third-order valence-electron chi connectivity index (χ3n) is 3.51. The van der Waals surface area contributed by atoms with Crippen LogP contribution in [0.5, 0.6) is 0 Å². The molecule has 0 spiro atoms. The Morgan fingerprint density at radius 3 is 2.64 bits per heavy atom. The molecule has 0 saturated carbocycles.